The fourth-order valence-corrected chi connectivity index (χ4v) is 4.72. The third-order valence-corrected chi connectivity index (χ3v) is 6.77. The molecule has 0 aromatic heterocycles. The summed E-state index contributed by atoms with van der Waals surface area (Å²) in [7, 11) is -0.498. The SMILES string of the molecule is O=C(OPOc1ccc(-c2ccccc2)cc1)c1cc(OC2CCCCO2)cc(OC2CCCCO2)c1. The monoisotopic (exact) mass is 522 g/mol. The van der Waals surface area contributed by atoms with Gasteiger partial charge in [0.2, 0.25) is 0 Å². The largest absolute Gasteiger partial charge is 0.465 e. The van der Waals surface area contributed by atoms with Gasteiger partial charge in [-0.15, -0.1) is 0 Å². The van der Waals surface area contributed by atoms with Crippen LogP contribution in [0.4, 0.5) is 0 Å². The number of hydrogen-bond acceptors (Lipinski definition) is 7. The van der Waals surface area contributed by atoms with Crippen LogP contribution in [0.25, 0.3) is 11.1 Å². The zero-order valence-electron chi connectivity index (χ0n) is 20.6. The van der Waals surface area contributed by atoms with Gasteiger partial charge in [-0.1, -0.05) is 42.5 Å². The van der Waals surface area contributed by atoms with Crippen LogP contribution in [0.1, 0.15) is 48.9 Å². The van der Waals surface area contributed by atoms with Gasteiger partial charge in [-0.05, 0) is 61.1 Å². The van der Waals surface area contributed by atoms with Crippen LogP contribution >= 0.6 is 9.03 Å². The molecule has 0 saturated carbocycles. The standard InChI is InChI=1S/C29H31O7P/c30-29(36-37-35-24-14-12-22(13-15-24)21-8-2-1-3-9-21)23-18-25(33-27-10-4-6-16-31-27)20-26(19-23)34-28-11-5-7-17-32-28/h1-3,8-9,12-15,18-20,27-28,37H,4-7,10-11,16-17H2. The van der Waals surface area contributed by atoms with Gasteiger partial charge in [-0.25, -0.2) is 4.79 Å². The van der Waals surface area contributed by atoms with Crippen LogP contribution in [0.2, 0.25) is 0 Å². The fourth-order valence-electron chi connectivity index (χ4n) is 4.25. The maximum atomic E-state index is 12.9. The molecule has 0 aliphatic carbocycles. The number of carbonyl (C=O) groups is 1. The zero-order valence-corrected chi connectivity index (χ0v) is 21.6. The van der Waals surface area contributed by atoms with Crippen LogP contribution in [-0.4, -0.2) is 31.8 Å². The number of benzene rings is 3. The topological polar surface area (TPSA) is 72.5 Å². The molecule has 0 spiro atoms. The molecule has 0 radical (unpaired) electrons. The van der Waals surface area contributed by atoms with Crippen molar-refractivity contribution in [3.63, 3.8) is 0 Å². The van der Waals surface area contributed by atoms with Crippen LogP contribution in [0.3, 0.4) is 0 Å². The van der Waals surface area contributed by atoms with E-state index in [0.717, 1.165) is 49.7 Å². The highest BCUT2D eigenvalue weighted by Crippen LogP contribution is 2.31. The summed E-state index contributed by atoms with van der Waals surface area (Å²) in [6.07, 6.45) is 5.03. The van der Waals surface area contributed by atoms with Gasteiger partial charge in [-0.3, -0.25) is 0 Å². The van der Waals surface area contributed by atoms with Crippen molar-refractivity contribution in [1.29, 1.82) is 0 Å². The molecular formula is C29H31O7P. The van der Waals surface area contributed by atoms with E-state index in [1.54, 1.807) is 18.2 Å². The summed E-state index contributed by atoms with van der Waals surface area (Å²) in [6.45, 7) is 1.33. The van der Waals surface area contributed by atoms with Crippen molar-refractivity contribution in [2.75, 3.05) is 13.2 Å². The third kappa shape index (κ3) is 7.45. The molecule has 37 heavy (non-hydrogen) atoms. The minimum Gasteiger partial charge on any atom is -0.465 e. The predicted octanol–water partition coefficient (Wildman–Crippen LogP) is 6.91. The Balaban J connectivity index is 1.21. The third-order valence-electron chi connectivity index (χ3n) is 6.18. The molecule has 194 valence electrons. The first-order valence-corrected chi connectivity index (χ1v) is 13.5. The summed E-state index contributed by atoms with van der Waals surface area (Å²) in [4.78, 5) is 12.9. The molecule has 0 N–H and O–H groups in total. The van der Waals surface area contributed by atoms with Crippen LogP contribution in [-0.2, 0) is 14.0 Å². The highest BCUT2D eigenvalue weighted by Gasteiger charge is 2.21. The van der Waals surface area contributed by atoms with Crippen LogP contribution in [0.15, 0.2) is 72.8 Å². The van der Waals surface area contributed by atoms with E-state index in [1.165, 1.54) is 0 Å². The quantitative estimate of drug-likeness (QED) is 0.283. The molecule has 3 aromatic carbocycles. The van der Waals surface area contributed by atoms with E-state index in [9.17, 15) is 4.79 Å². The molecule has 2 aliphatic rings. The van der Waals surface area contributed by atoms with Gasteiger partial charge in [0.15, 0.2) is 12.6 Å². The molecule has 3 aromatic rings. The summed E-state index contributed by atoms with van der Waals surface area (Å²) in [5, 5.41) is 0. The molecular weight excluding hydrogens is 491 g/mol. The Morgan fingerprint density at radius 2 is 1.30 bits per heavy atom. The van der Waals surface area contributed by atoms with Crippen LogP contribution in [0, 0.1) is 0 Å². The highest BCUT2D eigenvalue weighted by atomic mass is 31.1. The number of rotatable bonds is 9. The maximum Gasteiger partial charge on any atom is 0.343 e. The fraction of sp³-hybridized carbons (Fsp3) is 0.345. The number of hydrogen-bond donors (Lipinski definition) is 0. The van der Waals surface area contributed by atoms with Crippen LogP contribution in [0.5, 0.6) is 17.2 Å². The summed E-state index contributed by atoms with van der Waals surface area (Å²) >= 11 is 0. The van der Waals surface area contributed by atoms with E-state index in [-0.39, 0.29) is 12.6 Å². The van der Waals surface area contributed by atoms with E-state index in [2.05, 4.69) is 12.1 Å². The van der Waals surface area contributed by atoms with Crippen molar-refractivity contribution in [3.05, 3.63) is 78.4 Å². The predicted molar refractivity (Wildman–Crippen MR) is 141 cm³/mol. The summed E-state index contributed by atoms with van der Waals surface area (Å²) in [6, 6.07) is 22.8. The first-order valence-electron chi connectivity index (χ1n) is 12.7. The molecule has 2 saturated heterocycles. The van der Waals surface area contributed by atoms with Crippen molar-refractivity contribution in [3.8, 4) is 28.4 Å². The molecule has 7 nitrogen and oxygen atoms in total. The van der Waals surface area contributed by atoms with Crippen molar-refractivity contribution in [1.82, 2.24) is 0 Å². The number of carbonyl (C=O) groups excluding carboxylic acids is 1. The van der Waals surface area contributed by atoms with Crippen molar-refractivity contribution in [2.24, 2.45) is 0 Å². The lowest BCUT2D eigenvalue weighted by Crippen LogP contribution is -2.26. The minimum atomic E-state index is -0.524. The summed E-state index contributed by atoms with van der Waals surface area (Å²) < 4.78 is 34.5. The van der Waals surface area contributed by atoms with E-state index >= 15 is 0 Å². The van der Waals surface area contributed by atoms with Gasteiger partial charge >= 0.3 is 5.97 Å². The molecule has 2 fully saturated rings. The first-order chi connectivity index (χ1) is 18.2. The minimum absolute atomic E-state index is 0.314. The Morgan fingerprint density at radius 1 is 0.703 bits per heavy atom. The van der Waals surface area contributed by atoms with E-state index in [4.69, 9.17) is 28.0 Å². The van der Waals surface area contributed by atoms with Gasteiger partial charge < -0.3 is 28.0 Å². The smallest absolute Gasteiger partial charge is 0.343 e. The van der Waals surface area contributed by atoms with Crippen molar-refractivity contribution >= 4 is 15.0 Å². The second-order valence-electron chi connectivity index (χ2n) is 8.99. The Morgan fingerprint density at radius 3 is 1.86 bits per heavy atom. The molecule has 0 amide bonds. The van der Waals surface area contributed by atoms with Crippen LogP contribution < -0.4 is 14.0 Å². The van der Waals surface area contributed by atoms with E-state index < -0.39 is 15.0 Å². The molecule has 2 aliphatic heterocycles. The molecule has 3 atom stereocenters. The van der Waals surface area contributed by atoms with Gasteiger partial charge in [-0.2, -0.15) is 0 Å². The second-order valence-corrected chi connectivity index (χ2v) is 9.56. The first kappa shape index (κ1) is 25.5. The normalized spacial score (nSPS) is 19.9. The Bertz CT molecular complexity index is 1100. The average molecular weight is 523 g/mol. The Hall–Kier alpha value is -3.12. The second kappa shape index (κ2) is 12.9. The summed E-state index contributed by atoms with van der Waals surface area (Å²) in [5.74, 6) is 1.08. The average Bonchev–Trinajstić information content (AvgIpc) is 2.95. The summed E-state index contributed by atoms with van der Waals surface area (Å²) in [5.41, 5.74) is 2.52. The molecule has 5 rings (SSSR count). The zero-order chi connectivity index (χ0) is 25.3. The lowest BCUT2D eigenvalue weighted by Gasteiger charge is -2.25. The van der Waals surface area contributed by atoms with Gasteiger partial charge in [0.25, 0.3) is 9.03 Å². The van der Waals surface area contributed by atoms with Gasteiger partial charge in [0.1, 0.15) is 17.2 Å². The van der Waals surface area contributed by atoms with Gasteiger partial charge in [0.05, 0.1) is 18.8 Å². The molecule has 3 unspecified atom stereocenters. The maximum absolute atomic E-state index is 12.9. The Labute approximate surface area is 218 Å². The molecule has 0 bridgehead atoms. The molecule has 8 heteroatoms. The number of ether oxygens (including phenoxy) is 4. The van der Waals surface area contributed by atoms with Crippen molar-refractivity contribution < 1.29 is 32.8 Å². The van der Waals surface area contributed by atoms with E-state index in [1.807, 2.05) is 42.5 Å². The lowest BCUT2D eigenvalue weighted by molar-refractivity contribution is -0.109. The van der Waals surface area contributed by atoms with Crippen molar-refractivity contribution in [2.45, 2.75) is 51.1 Å². The lowest BCUT2D eigenvalue weighted by atomic mass is 10.1. The van der Waals surface area contributed by atoms with Gasteiger partial charge in [0, 0.05) is 18.9 Å². The highest BCUT2D eigenvalue weighted by molar-refractivity contribution is 7.27. The molecule has 2 heterocycles. The van der Waals surface area contributed by atoms with E-state index in [0.29, 0.717) is 36.0 Å². The Kier molecular flexibility index (Phi) is 8.91.